The summed E-state index contributed by atoms with van der Waals surface area (Å²) in [6.45, 7) is 3.39. The van der Waals surface area contributed by atoms with Crippen molar-refractivity contribution in [3.8, 4) is 6.07 Å². The van der Waals surface area contributed by atoms with Crippen LogP contribution >= 0.6 is 0 Å². The smallest absolute Gasteiger partial charge is 0.171 e. The first-order valence-electron chi connectivity index (χ1n) is 7.14. The Balaban J connectivity index is 1.96. The molecule has 1 aromatic heterocycles. The summed E-state index contributed by atoms with van der Waals surface area (Å²) in [5.41, 5.74) is 6.52. The van der Waals surface area contributed by atoms with Gasteiger partial charge in [0.15, 0.2) is 5.82 Å². The fourth-order valence-corrected chi connectivity index (χ4v) is 3.10. The molecule has 0 amide bonds. The van der Waals surface area contributed by atoms with Crippen molar-refractivity contribution in [3.05, 3.63) is 5.56 Å². The summed E-state index contributed by atoms with van der Waals surface area (Å²) in [6.07, 6.45) is 2.18. The van der Waals surface area contributed by atoms with Crippen molar-refractivity contribution in [2.75, 3.05) is 36.8 Å². The number of aliphatic hydroxyl groups is 1. The predicted octanol–water partition coefficient (Wildman–Crippen LogP) is -0.168. The van der Waals surface area contributed by atoms with Crippen molar-refractivity contribution in [1.82, 2.24) is 15.1 Å². The third kappa shape index (κ3) is 2.11. The minimum absolute atomic E-state index is 0.0984. The van der Waals surface area contributed by atoms with Gasteiger partial charge in [0.05, 0.1) is 12.1 Å². The quantitative estimate of drug-likeness (QED) is 0.693. The molecule has 1 saturated carbocycles. The van der Waals surface area contributed by atoms with Gasteiger partial charge in [-0.1, -0.05) is 0 Å². The lowest BCUT2D eigenvalue weighted by molar-refractivity contribution is 0.131. The van der Waals surface area contributed by atoms with Gasteiger partial charge in [-0.25, -0.2) is 4.68 Å². The number of nitrogens with two attached hydrogens (primary N) is 1. The van der Waals surface area contributed by atoms with E-state index in [0.717, 1.165) is 45.4 Å². The second kappa shape index (κ2) is 5.31. The highest BCUT2D eigenvalue weighted by Crippen LogP contribution is 2.35. The van der Waals surface area contributed by atoms with Crippen molar-refractivity contribution >= 4 is 11.6 Å². The molecule has 2 heterocycles. The molecule has 7 heteroatoms. The maximum atomic E-state index is 10.0. The molecule has 0 bridgehead atoms. The van der Waals surface area contributed by atoms with Crippen LogP contribution in [0, 0.1) is 11.3 Å². The van der Waals surface area contributed by atoms with E-state index in [2.05, 4.69) is 21.4 Å². The van der Waals surface area contributed by atoms with E-state index >= 15 is 0 Å². The largest absolute Gasteiger partial charge is 0.391 e. The lowest BCUT2D eigenvalue weighted by atomic mass is 10.2. The van der Waals surface area contributed by atoms with E-state index in [4.69, 9.17) is 5.73 Å². The van der Waals surface area contributed by atoms with E-state index in [-0.39, 0.29) is 6.04 Å². The third-order valence-corrected chi connectivity index (χ3v) is 4.22. The number of aliphatic hydroxyl groups excluding tert-OH is 1. The number of hydrogen-bond donors (Lipinski definition) is 3. The maximum absolute atomic E-state index is 10.0. The monoisotopic (exact) mass is 276 g/mol. The zero-order chi connectivity index (χ0) is 14.1. The topological polar surface area (TPSA) is 103 Å². The fourth-order valence-electron chi connectivity index (χ4n) is 3.10. The molecule has 1 aliphatic carbocycles. The molecule has 2 unspecified atom stereocenters. The first-order chi connectivity index (χ1) is 9.72. The number of rotatable bonds is 2. The van der Waals surface area contributed by atoms with Crippen LogP contribution in [0.3, 0.4) is 0 Å². The number of nitrogens with zero attached hydrogens (tertiary/aromatic N) is 4. The molecule has 2 fully saturated rings. The van der Waals surface area contributed by atoms with Crippen molar-refractivity contribution in [3.63, 3.8) is 0 Å². The molecule has 3 rings (SSSR count). The van der Waals surface area contributed by atoms with Crippen LogP contribution in [0.2, 0.25) is 0 Å². The molecule has 1 saturated heterocycles. The lowest BCUT2D eigenvalue weighted by Gasteiger charge is -2.27. The van der Waals surface area contributed by atoms with Gasteiger partial charge in [0.25, 0.3) is 0 Å². The zero-order valence-corrected chi connectivity index (χ0v) is 11.4. The summed E-state index contributed by atoms with van der Waals surface area (Å²) in [4.78, 5) is 2.09. The van der Waals surface area contributed by atoms with Gasteiger partial charge in [-0.2, -0.15) is 10.4 Å². The highest BCUT2D eigenvalue weighted by molar-refractivity contribution is 5.65. The molecule has 20 heavy (non-hydrogen) atoms. The van der Waals surface area contributed by atoms with E-state index < -0.39 is 6.10 Å². The van der Waals surface area contributed by atoms with Gasteiger partial charge in [-0.15, -0.1) is 0 Å². The summed E-state index contributed by atoms with van der Waals surface area (Å²) >= 11 is 0. The maximum Gasteiger partial charge on any atom is 0.171 e. The number of anilines is 2. The Morgan fingerprint density at radius 3 is 2.70 bits per heavy atom. The standard InChI is InChI=1S/C13H20N6O/c14-8-9-12(15)19(10-2-1-3-11(10)20)17-13(9)18-6-4-16-5-7-18/h10-11,16,20H,1-7,15H2. The van der Waals surface area contributed by atoms with Crippen molar-refractivity contribution in [1.29, 1.82) is 5.26 Å². The van der Waals surface area contributed by atoms with Crippen LogP contribution in [-0.2, 0) is 0 Å². The average Bonchev–Trinajstić information content (AvgIpc) is 3.03. The molecule has 2 atom stereocenters. The van der Waals surface area contributed by atoms with Crippen LogP contribution in [0.4, 0.5) is 11.6 Å². The van der Waals surface area contributed by atoms with Gasteiger partial charge in [0, 0.05) is 26.2 Å². The molecule has 1 aromatic rings. The van der Waals surface area contributed by atoms with Crippen LogP contribution in [0.5, 0.6) is 0 Å². The second-order valence-electron chi connectivity index (χ2n) is 5.44. The Hall–Kier alpha value is -1.78. The predicted molar refractivity (Wildman–Crippen MR) is 75.3 cm³/mol. The Labute approximate surface area is 118 Å². The van der Waals surface area contributed by atoms with Gasteiger partial charge in [-0.3, -0.25) is 0 Å². The number of aromatic nitrogens is 2. The van der Waals surface area contributed by atoms with Crippen molar-refractivity contribution in [2.45, 2.75) is 31.4 Å². The van der Waals surface area contributed by atoms with Crippen LogP contribution < -0.4 is 16.0 Å². The van der Waals surface area contributed by atoms with E-state index in [0.29, 0.717) is 17.2 Å². The molecular formula is C13H20N6O. The van der Waals surface area contributed by atoms with Gasteiger partial charge < -0.3 is 21.1 Å². The molecular weight excluding hydrogens is 256 g/mol. The molecule has 7 nitrogen and oxygen atoms in total. The number of nitriles is 1. The van der Waals surface area contributed by atoms with Gasteiger partial charge >= 0.3 is 0 Å². The summed E-state index contributed by atoms with van der Waals surface area (Å²) in [5, 5.41) is 27.2. The molecule has 4 N–H and O–H groups in total. The number of nitrogens with one attached hydrogen (secondary N) is 1. The van der Waals surface area contributed by atoms with Gasteiger partial charge in [0.1, 0.15) is 17.5 Å². The normalized spacial score (nSPS) is 26.7. The SMILES string of the molecule is N#Cc1c(N2CCNCC2)nn(C2CCCC2O)c1N. The van der Waals surface area contributed by atoms with Crippen LogP contribution in [-0.4, -0.2) is 47.2 Å². The van der Waals surface area contributed by atoms with E-state index in [1.165, 1.54) is 0 Å². The Morgan fingerprint density at radius 1 is 1.35 bits per heavy atom. The van der Waals surface area contributed by atoms with Crippen LogP contribution in [0.25, 0.3) is 0 Å². The molecule has 2 aliphatic rings. The first-order valence-corrected chi connectivity index (χ1v) is 7.14. The van der Waals surface area contributed by atoms with Gasteiger partial charge in [-0.05, 0) is 19.3 Å². The van der Waals surface area contributed by atoms with Gasteiger partial charge in [0.2, 0.25) is 0 Å². The molecule has 108 valence electrons. The summed E-state index contributed by atoms with van der Waals surface area (Å²) in [6, 6.07) is 2.07. The molecule has 1 aliphatic heterocycles. The highest BCUT2D eigenvalue weighted by Gasteiger charge is 2.32. The minimum Gasteiger partial charge on any atom is -0.391 e. The van der Waals surface area contributed by atoms with Crippen molar-refractivity contribution < 1.29 is 5.11 Å². The van der Waals surface area contributed by atoms with Crippen LogP contribution in [0.1, 0.15) is 30.9 Å². The summed E-state index contributed by atoms with van der Waals surface area (Å²) in [7, 11) is 0. The molecule has 0 aromatic carbocycles. The van der Waals surface area contributed by atoms with Crippen LogP contribution in [0.15, 0.2) is 0 Å². The third-order valence-electron chi connectivity index (χ3n) is 4.22. The van der Waals surface area contributed by atoms with E-state index in [1.54, 1.807) is 4.68 Å². The summed E-state index contributed by atoms with van der Waals surface area (Å²) < 4.78 is 1.66. The zero-order valence-electron chi connectivity index (χ0n) is 11.4. The Kier molecular flexibility index (Phi) is 3.51. The minimum atomic E-state index is -0.417. The van der Waals surface area contributed by atoms with E-state index in [9.17, 15) is 10.4 Å². The average molecular weight is 276 g/mol. The number of nitrogen functional groups attached to an aromatic ring is 1. The second-order valence-corrected chi connectivity index (χ2v) is 5.44. The fraction of sp³-hybridized carbons (Fsp3) is 0.692. The van der Waals surface area contributed by atoms with E-state index in [1.807, 2.05) is 0 Å². The number of hydrogen-bond acceptors (Lipinski definition) is 6. The summed E-state index contributed by atoms with van der Waals surface area (Å²) in [5.74, 6) is 1.04. The highest BCUT2D eigenvalue weighted by atomic mass is 16.3. The lowest BCUT2D eigenvalue weighted by Crippen LogP contribution is -2.44. The Bertz CT molecular complexity index is 528. The molecule has 0 radical (unpaired) electrons. The first kappa shape index (κ1) is 13.2. The number of piperazine rings is 1. The van der Waals surface area contributed by atoms with Crippen molar-refractivity contribution in [2.24, 2.45) is 0 Å². The molecule has 0 spiro atoms. The Morgan fingerprint density at radius 2 is 2.10 bits per heavy atom.